The smallest absolute Gasteiger partial charge is 0.305 e. The minimum atomic E-state index is -0.0972. The first-order valence-electron chi connectivity index (χ1n) is 9.92. The fourth-order valence-electron chi connectivity index (χ4n) is 3.05. The zero-order valence-electron chi connectivity index (χ0n) is 15.7. The molecule has 1 N–H and O–H groups in total. The van der Waals surface area contributed by atoms with Crippen molar-refractivity contribution in [2.45, 2.75) is 103 Å². The molecule has 23 heavy (non-hydrogen) atoms. The molecule has 0 aliphatic rings. The lowest BCUT2D eigenvalue weighted by Gasteiger charge is -2.13. The highest BCUT2D eigenvalue weighted by molar-refractivity contribution is 5.68. The van der Waals surface area contributed by atoms with E-state index in [4.69, 9.17) is 0 Å². The third-order valence-corrected chi connectivity index (χ3v) is 4.70. The molecule has 0 saturated carbocycles. The highest BCUT2D eigenvalue weighted by Gasteiger charge is 2.07. The lowest BCUT2D eigenvalue weighted by Crippen LogP contribution is -2.06. The van der Waals surface area contributed by atoms with Gasteiger partial charge < -0.3 is 9.84 Å². The largest absolute Gasteiger partial charge is 0.469 e. The van der Waals surface area contributed by atoms with Crippen LogP contribution in [0.2, 0.25) is 0 Å². The Morgan fingerprint density at radius 3 is 1.78 bits per heavy atom. The third-order valence-electron chi connectivity index (χ3n) is 4.70. The van der Waals surface area contributed by atoms with Gasteiger partial charge in [-0.1, -0.05) is 77.6 Å². The maximum absolute atomic E-state index is 11.0. The number of hydrogen-bond donors (Lipinski definition) is 1. The Hall–Kier alpha value is -0.570. The predicted octanol–water partition coefficient (Wildman–Crippen LogP) is 5.64. The molecule has 0 aromatic carbocycles. The highest BCUT2D eigenvalue weighted by atomic mass is 16.5. The second kappa shape index (κ2) is 17.8. The van der Waals surface area contributed by atoms with Gasteiger partial charge in [0.2, 0.25) is 0 Å². The first kappa shape index (κ1) is 22.4. The number of unbranched alkanes of at least 4 members (excludes halogenated alkanes) is 10. The minimum absolute atomic E-state index is 0.0972. The molecule has 0 amide bonds. The summed E-state index contributed by atoms with van der Waals surface area (Å²) in [6, 6.07) is 0. The van der Waals surface area contributed by atoms with Gasteiger partial charge in [-0.25, -0.2) is 0 Å². The van der Waals surface area contributed by atoms with Crippen molar-refractivity contribution in [3.63, 3.8) is 0 Å². The van der Waals surface area contributed by atoms with Crippen molar-refractivity contribution in [1.29, 1.82) is 0 Å². The fourth-order valence-corrected chi connectivity index (χ4v) is 3.05. The van der Waals surface area contributed by atoms with Crippen LogP contribution in [0.4, 0.5) is 0 Å². The molecule has 0 heterocycles. The first-order chi connectivity index (χ1) is 11.2. The van der Waals surface area contributed by atoms with E-state index in [1.54, 1.807) is 0 Å². The molecule has 1 unspecified atom stereocenters. The highest BCUT2D eigenvalue weighted by Crippen LogP contribution is 2.18. The van der Waals surface area contributed by atoms with Gasteiger partial charge in [-0.2, -0.15) is 0 Å². The van der Waals surface area contributed by atoms with Gasteiger partial charge in [0.25, 0.3) is 0 Å². The monoisotopic (exact) mass is 328 g/mol. The molecule has 0 rings (SSSR count). The summed E-state index contributed by atoms with van der Waals surface area (Å²) in [5.74, 6) is 0.403. The molecule has 0 bridgehead atoms. The van der Waals surface area contributed by atoms with Crippen LogP contribution in [-0.2, 0) is 9.53 Å². The molecule has 3 heteroatoms. The van der Waals surface area contributed by atoms with Crippen LogP contribution in [0.5, 0.6) is 0 Å². The van der Waals surface area contributed by atoms with E-state index < -0.39 is 0 Å². The summed E-state index contributed by atoms with van der Waals surface area (Å²) >= 11 is 0. The van der Waals surface area contributed by atoms with Crippen LogP contribution < -0.4 is 0 Å². The van der Waals surface area contributed by atoms with Crippen molar-refractivity contribution in [2.75, 3.05) is 13.7 Å². The van der Waals surface area contributed by atoms with Gasteiger partial charge in [0, 0.05) is 13.0 Å². The van der Waals surface area contributed by atoms with Gasteiger partial charge in [-0.15, -0.1) is 0 Å². The number of ether oxygens (including phenoxy) is 1. The van der Waals surface area contributed by atoms with Crippen LogP contribution >= 0.6 is 0 Å². The molecule has 0 aromatic rings. The van der Waals surface area contributed by atoms with Crippen molar-refractivity contribution in [2.24, 2.45) is 5.92 Å². The van der Waals surface area contributed by atoms with E-state index in [1.165, 1.54) is 77.7 Å². The Morgan fingerprint density at radius 1 is 0.826 bits per heavy atom. The summed E-state index contributed by atoms with van der Waals surface area (Å²) in [5.41, 5.74) is 0. The van der Waals surface area contributed by atoms with E-state index in [9.17, 15) is 9.90 Å². The van der Waals surface area contributed by atoms with E-state index in [-0.39, 0.29) is 5.97 Å². The normalized spacial score (nSPS) is 12.3. The Morgan fingerprint density at radius 2 is 1.30 bits per heavy atom. The van der Waals surface area contributed by atoms with Gasteiger partial charge in [0.15, 0.2) is 0 Å². The number of carbonyl (C=O) groups is 1. The summed E-state index contributed by atoms with van der Waals surface area (Å²) in [4.78, 5) is 11.0. The first-order valence-corrected chi connectivity index (χ1v) is 9.92. The minimum Gasteiger partial charge on any atom is -0.469 e. The van der Waals surface area contributed by atoms with Crippen LogP contribution in [0.15, 0.2) is 0 Å². The number of methoxy groups -OCH3 is 1. The second-order valence-corrected chi connectivity index (χ2v) is 6.84. The number of rotatable bonds is 17. The maximum atomic E-state index is 11.0. The molecule has 0 aliphatic carbocycles. The lowest BCUT2D eigenvalue weighted by molar-refractivity contribution is -0.140. The number of aliphatic hydroxyl groups is 1. The number of aliphatic hydroxyl groups excluding tert-OH is 1. The average molecular weight is 329 g/mol. The second-order valence-electron chi connectivity index (χ2n) is 6.84. The van der Waals surface area contributed by atoms with Gasteiger partial charge in [-0.05, 0) is 25.2 Å². The molecule has 0 spiro atoms. The average Bonchev–Trinajstić information content (AvgIpc) is 2.57. The summed E-state index contributed by atoms with van der Waals surface area (Å²) in [7, 11) is 1.45. The molecular weight excluding hydrogens is 288 g/mol. The molecule has 0 aliphatic heterocycles. The van der Waals surface area contributed by atoms with E-state index in [1.807, 2.05) is 0 Å². The summed E-state index contributed by atoms with van der Waals surface area (Å²) in [5, 5.41) is 9.48. The van der Waals surface area contributed by atoms with Crippen molar-refractivity contribution < 1.29 is 14.6 Å². The van der Waals surface area contributed by atoms with Crippen LogP contribution in [0, 0.1) is 5.92 Å². The van der Waals surface area contributed by atoms with Crippen LogP contribution in [-0.4, -0.2) is 24.8 Å². The Balaban J connectivity index is 3.36. The predicted molar refractivity (Wildman–Crippen MR) is 97.5 cm³/mol. The zero-order chi connectivity index (χ0) is 17.2. The summed E-state index contributed by atoms with van der Waals surface area (Å²) in [6.07, 6.45) is 18.0. The van der Waals surface area contributed by atoms with Crippen LogP contribution in [0.1, 0.15) is 103 Å². The van der Waals surface area contributed by atoms with E-state index in [0.717, 1.165) is 19.3 Å². The van der Waals surface area contributed by atoms with Gasteiger partial charge in [0.1, 0.15) is 0 Å². The lowest BCUT2D eigenvalue weighted by atomic mass is 9.95. The van der Waals surface area contributed by atoms with E-state index >= 15 is 0 Å². The SMILES string of the molecule is CCCCCCCCCC(CO)CCCCCCCC(=O)OC. The molecule has 138 valence electrons. The Bertz CT molecular complexity index is 253. The molecular formula is C20H40O3. The van der Waals surface area contributed by atoms with Crippen molar-refractivity contribution in [1.82, 2.24) is 0 Å². The summed E-state index contributed by atoms with van der Waals surface area (Å²) in [6.45, 7) is 2.60. The quantitative estimate of drug-likeness (QED) is 0.278. The molecule has 0 fully saturated rings. The van der Waals surface area contributed by atoms with Crippen molar-refractivity contribution >= 4 is 5.97 Å². The molecule has 3 nitrogen and oxygen atoms in total. The van der Waals surface area contributed by atoms with Crippen molar-refractivity contribution in [3.05, 3.63) is 0 Å². The maximum Gasteiger partial charge on any atom is 0.305 e. The molecule has 1 atom stereocenters. The van der Waals surface area contributed by atoms with E-state index in [0.29, 0.717) is 18.9 Å². The van der Waals surface area contributed by atoms with Gasteiger partial charge in [0.05, 0.1) is 7.11 Å². The topological polar surface area (TPSA) is 46.5 Å². The van der Waals surface area contributed by atoms with Crippen LogP contribution in [0.25, 0.3) is 0 Å². The molecule has 0 saturated heterocycles. The number of esters is 1. The Labute approximate surface area is 144 Å². The molecule has 0 aromatic heterocycles. The zero-order valence-corrected chi connectivity index (χ0v) is 15.7. The van der Waals surface area contributed by atoms with Gasteiger partial charge in [-0.3, -0.25) is 4.79 Å². The fraction of sp³-hybridized carbons (Fsp3) is 0.950. The molecule has 0 radical (unpaired) electrons. The van der Waals surface area contributed by atoms with E-state index in [2.05, 4.69) is 11.7 Å². The summed E-state index contributed by atoms with van der Waals surface area (Å²) < 4.78 is 4.63. The third kappa shape index (κ3) is 16.1. The van der Waals surface area contributed by atoms with Gasteiger partial charge >= 0.3 is 5.97 Å². The van der Waals surface area contributed by atoms with Crippen molar-refractivity contribution in [3.8, 4) is 0 Å². The standard InChI is InChI=1S/C20H40O3/c1-3-4-5-6-7-9-12-15-19(18-21)16-13-10-8-11-14-17-20(22)23-2/h19,21H,3-18H2,1-2H3. The van der Waals surface area contributed by atoms with Crippen LogP contribution in [0.3, 0.4) is 0 Å². The Kier molecular flexibility index (Phi) is 17.3. The number of carbonyl (C=O) groups excluding carboxylic acids is 1. The number of hydrogen-bond acceptors (Lipinski definition) is 3.